The Balaban J connectivity index is 1.70. The second kappa shape index (κ2) is 8.61. The number of benzene rings is 2. The second-order valence-electron chi connectivity index (χ2n) is 6.02. The van der Waals surface area contributed by atoms with Gasteiger partial charge in [-0.3, -0.25) is 9.71 Å². The molecule has 0 saturated heterocycles. The number of carboxylic acids is 1. The Morgan fingerprint density at radius 1 is 1.03 bits per heavy atom. The molecule has 3 aromatic rings. The number of rotatable bonds is 8. The number of hydrogen-bond acceptors (Lipinski definition) is 6. The van der Waals surface area contributed by atoms with Gasteiger partial charge < -0.3 is 14.6 Å². The van der Waals surface area contributed by atoms with Gasteiger partial charge in [-0.25, -0.2) is 13.2 Å². The Labute approximate surface area is 167 Å². The molecule has 0 bridgehead atoms. The van der Waals surface area contributed by atoms with E-state index in [1.807, 2.05) is 0 Å². The van der Waals surface area contributed by atoms with Crippen LogP contribution in [0, 0.1) is 6.92 Å². The van der Waals surface area contributed by atoms with E-state index in [9.17, 15) is 13.2 Å². The van der Waals surface area contributed by atoms with Crippen LogP contribution in [0.1, 0.15) is 5.56 Å². The smallest absolute Gasteiger partial charge is 0.341 e. The molecule has 29 heavy (non-hydrogen) atoms. The Kier molecular flexibility index (Phi) is 5.99. The van der Waals surface area contributed by atoms with E-state index in [2.05, 4.69) is 9.71 Å². The van der Waals surface area contributed by atoms with Crippen LogP contribution >= 0.6 is 0 Å². The van der Waals surface area contributed by atoms with Crippen LogP contribution in [0.5, 0.6) is 17.2 Å². The highest BCUT2D eigenvalue weighted by molar-refractivity contribution is 7.92. The Hall–Kier alpha value is -3.59. The van der Waals surface area contributed by atoms with Crippen LogP contribution in [0.25, 0.3) is 0 Å². The topological polar surface area (TPSA) is 115 Å². The van der Waals surface area contributed by atoms with Crippen LogP contribution in [-0.4, -0.2) is 31.1 Å². The van der Waals surface area contributed by atoms with Crippen LogP contribution in [-0.2, 0) is 14.8 Å². The summed E-state index contributed by atoms with van der Waals surface area (Å²) in [4.78, 5) is 14.5. The number of aliphatic carboxylic acids is 1. The van der Waals surface area contributed by atoms with Gasteiger partial charge in [0.2, 0.25) is 0 Å². The van der Waals surface area contributed by atoms with Gasteiger partial charge in [-0.1, -0.05) is 0 Å². The van der Waals surface area contributed by atoms with E-state index in [0.717, 1.165) is 0 Å². The number of pyridine rings is 1. The van der Waals surface area contributed by atoms with Crippen LogP contribution < -0.4 is 14.2 Å². The fraction of sp³-hybridized carbons (Fsp3) is 0.100. The molecule has 150 valence electrons. The van der Waals surface area contributed by atoms with Crippen molar-refractivity contribution < 1.29 is 27.8 Å². The number of aromatic nitrogens is 1. The van der Waals surface area contributed by atoms with Crippen LogP contribution in [0.3, 0.4) is 0 Å². The first-order valence-electron chi connectivity index (χ1n) is 8.49. The summed E-state index contributed by atoms with van der Waals surface area (Å²) in [5.41, 5.74) is 0.881. The number of aryl methyl sites for hydroxylation is 1. The van der Waals surface area contributed by atoms with Gasteiger partial charge >= 0.3 is 5.97 Å². The van der Waals surface area contributed by atoms with Gasteiger partial charge in [-0.15, -0.1) is 0 Å². The van der Waals surface area contributed by atoms with E-state index in [1.165, 1.54) is 18.2 Å². The maximum atomic E-state index is 12.6. The molecule has 0 amide bonds. The Morgan fingerprint density at radius 2 is 1.69 bits per heavy atom. The van der Waals surface area contributed by atoms with Crippen LogP contribution in [0.4, 0.5) is 5.69 Å². The fourth-order valence-electron chi connectivity index (χ4n) is 2.44. The van der Waals surface area contributed by atoms with Crippen molar-refractivity contribution in [2.45, 2.75) is 11.8 Å². The van der Waals surface area contributed by atoms with Crippen LogP contribution in [0.15, 0.2) is 71.9 Å². The first kappa shape index (κ1) is 20.2. The van der Waals surface area contributed by atoms with E-state index in [0.29, 0.717) is 28.5 Å². The zero-order valence-corrected chi connectivity index (χ0v) is 16.2. The molecule has 0 radical (unpaired) electrons. The number of carbonyl (C=O) groups is 1. The van der Waals surface area contributed by atoms with Crippen molar-refractivity contribution in [3.8, 4) is 17.2 Å². The summed E-state index contributed by atoms with van der Waals surface area (Å²) in [6.45, 7) is 1.14. The highest BCUT2D eigenvalue weighted by atomic mass is 32.2. The van der Waals surface area contributed by atoms with Gasteiger partial charge in [-0.05, 0) is 67.1 Å². The molecule has 0 spiro atoms. The van der Waals surface area contributed by atoms with E-state index in [-0.39, 0.29) is 4.90 Å². The number of hydrogen-bond donors (Lipinski definition) is 2. The molecule has 1 heterocycles. The van der Waals surface area contributed by atoms with E-state index in [1.54, 1.807) is 55.7 Å². The van der Waals surface area contributed by atoms with Gasteiger partial charge in [0.05, 0.1) is 4.90 Å². The lowest BCUT2D eigenvalue weighted by Crippen LogP contribution is -2.14. The molecule has 0 aliphatic carbocycles. The normalized spacial score (nSPS) is 10.9. The predicted molar refractivity (Wildman–Crippen MR) is 106 cm³/mol. The Bertz CT molecular complexity index is 1100. The third kappa shape index (κ3) is 5.45. The van der Waals surface area contributed by atoms with Crippen molar-refractivity contribution in [2.24, 2.45) is 0 Å². The Morgan fingerprint density at radius 3 is 2.31 bits per heavy atom. The molecule has 0 aliphatic rings. The lowest BCUT2D eigenvalue weighted by atomic mass is 10.2. The summed E-state index contributed by atoms with van der Waals surface area (Å²) >= 11 is 0. The zero-order valence-electron chi connectivity index (χ0n) is 15.4. The average molecular weight is 414 g/mol. The summed E-state index contributed by atoms with van der Waals surface area (Å²) in [6.07, 6.45) is 3.22. The van der Waals surface area contributed by atoms with Crippen molar-refractivity contribution in [3.05, 3.63) is 72.6 Å². The molecule has 0 aliphatic heterocycles. The van der Waals surface area contributed by atoms with E-state index < -0.39 is 22.6 Å². The van der Waals surface area contributed by atoms with Gasteiger partial charge in [0.1, 0.15) is 17.2 Å². The molecule has 1 aromatic heterocycles. The van der Waals surface area contributed by atoms with Crippen LogP contribution in [0.2, 0.25) is 0 Å². The summed E-state index contributed by atoms with van der Waals surface area (Å²) in [7, 11) is -3.83. The third-order valence-corrected chi connectivity index (χ3v) is 5.18. The van der Waals surface area contributed by atoms with Crippen molar-refractivity contribution in [2.75, 3.05) is 11.3 Å². The largest absolute Gasteiger partial charge is 0.482 e. The van der Waals surface area contributed by atoms with Gasteiger partial charge in [0.15, 0.2) is 6.61 Å². The number of nitrogens with one attached hydrogen (secondary N) is 1. The first-order chi connectivity index (χ1) is 13.8. The maximum Gasteiger partial charge on any atom is 0.341 e. The molecular weight excluding hydrogens is 396 g/mol. The first-order valence-corrected chi connectivity index (χ1v) is 9.98. The second-order valence-corrected chi connectivity index (χ2v) is 7.71. The number of carboxylic acid groups (broad SMARTS) is 1. The molecule has 8 nitrogen and oxygen atoms in total. The minimum atomic E-state index is -3.83. The van der Waals surface area contributed by atoms with E-state index in [4.69, 9.17) is 14.6 Å². The van der Waals surface area contributed by atoms with Crippen molar-refractivity contribution >= 4 is 21.7 Å². The summed E-state index contributed by atoms with van der Waals surface area (Å²) in [6, 6.07) is 14.1. The molecule has 2 N–H and O–H groups in total. The molecule has 0 fully saturated rings. The molecule has 0 unspecified atom stereocenters. The van der Waals surface area contributed by atoms with Crippen molar-refractivity contribution in [1.82, 2.24) is 4.98 Å². The minimum absolute atomic E-state index is 0.0368. The summed E-state index contributed by atoms with van der Waals surface area (Å²) < 4.78 is 38.5. The molecule has 0 saturated carbocycles. The summed E-state index contributed by atoms with van der Waals surface area (Å²) in [5, 5.41) is 8.67. The third-order valence-electron chi connectivity index (χ3n) is 3.80. The highest BCUT2D eigenvalue weighted by Gasteiger charge is 2.16. The monoisotopic (exact) mass is 414 g/mol. The van der Waals surface area contributed by atoms with Crippen molar-refractivity contribution in [1.29, 1.82) is 0 Å². The lowest BCUT2D eigenvalue weighted by molar-refractivity contribution is -0.139. The lowest BCUT2D eigenvalue weighted by Gasteiger charge is -2.12. The minimum Gasteiger partial charge on any atom is -0.482 e. The average Bonchev–Trinajstić information content (AvgIpc) is 2.69. The number of sulfonamides is 1. The SMILES string of the molecule is Cc1cc(S(=O)(=O)Nc2ccc(Oc3ccncc3)cc2)ccc1OCC(=O)O. The van der Waals surface area contributed by atoms with Gasteiger partial charge in [-0.2, -0.15) is 0 Å². The zero-order chi connectivity index (χ0) is 20.9. The summed E-state index contributed by atoms with van der Waals surface area (Å²) in [5.74, 6) is 0.368. The van der Waals surface area contributed by atoms with Gasteiger partial charge in [0, 0.05) is 18.1 Å². The van der Waals surface area contributed by atoms with E-state index >= 15 is 0 Å². The molecular formula is C20H18N2O6S. The van der Waals surface area contributed by atoms with Crippen molar-refractivity contribution in [3.63, 3.8) is 0 Å². The quantitative estimate of drug-likeness (QED) is 0.580. The molecule has 2 aromatic carbocycles. The predicted octanol–water partition coefficient (Wildman–Crippen LogP) is 3.45. The number of anilines is 1. The molecule has 9 heteroatoms. The van der Waals surface area contributed by atoms with Gasteiger partial charge in [0.25, 0.3) is 10.0 Å². The molecule has 3 rings (SSSR count). The highest BCUT2D eigenvalue weighted by Crippen LogP contribution is 2.26. The number of ether oxygens (including phenoxy) is 2. The fourth-order valence-corrected chi connectivity index (χ4v) is 3.58. The molecule has 0 atom stereocenters. The standard InChI is InChI=1S/C20H18N2O6S/c1-14-12-18(6-7-19(14)27-13-20(23)24)29(25,26)22-15-2-4-16(5-3-15)28-17-8-10-21-11-9-17/h2-12,22H,13H2,1H3,(H,23,24). The maximum absolute atomic E-state index is 12.6. The number of nitrogens with zero attached hydrogens (tertiary/aromatic N) is 1.